The summed E-state index contributed by atoms with van der Waals surface area (Å²) in [6.45, 7) is 4.03. The van der Waals surface area contributed by atoms with Gasteiger partial charge in [-0.15, -0.1) is 0 Å². The fourth-order valence-corrected chi connectivity index (χ4v) is 4.72. The second-order valence-corrected chi connectivity index (χ2v) is 9.50. The molecule has 0 aromatic heterocycles. The molecule has 0 radical (unpaired) electrons. The molecule has 6 nitrogen and oxygen atoms in total. The topological polar surface area (TPSA) is 81.7 Å². The first-order valence-electron chi connectivity index (χ1n) is 9.92. The number of hydrogen-bond donors (Lipinski definition) is 1. The molecular weight excluding hydrogens is 450 g/mol. The second kappa shape index (κ2) is 10.1. The molecule has 3 aromatic rings. The number of esters is 1. The van der Waals surface area contributed by atoms with E-state index >= 15 is 0 Å². The van der Waals surface area contributed by atoms with Crippen LogP contribution in [0.3, 0.4) is 0 Å². The van der Waals surface area contributed by atoms with Crippen molar-refractivity contribution in [1.29, 1.82) is 0 Å². The minimum atomic E-state index is -3.85. The third kappa shape index (κ3) is 5.60. The van der Waals surface area contributed by atoms with Gasteiger partial charge < -0.3 is 9.47 Å². The van der Waals surface area contributed by atoms with E-state index in [1.165, 1.54) is 7.11 Å². The average Bonchev–Trinajstić information content (AvgIpc) is 2.79. The molecule has 0 atom stereocenters. The minimum Gasteiger partial charge on any atom is -0.487 e. The van der Waals surface area contributed by atoms with Crippen LogP contribution in [0, 0.1) is 0 Å². The smallest absolute Gasteiger partial charge is 0.337 e. The molecule has 0 saturated carbocycles. The third-order valence-electron chi connectivity index (χ3n) is 4.79. The van der Waals surface area contributed by atoms with Gasteiger partial charge in [0.05, 0.1) is 23.3 Å². The molecule has 0 fully saturated rings. The maximum atomic E-state index is 13.1. The highest BCUT2D eigenvalue weighted by atomic mass is 35.5. The maximum Gasteiger partial charge on any atom is 0.337 e. The Morgan fingerprint density at radius 3 is 2.38 bits per heavy atom. The van der Waals surface area contributed by atoms with Gasteiger partial charge in [-0.2, -0.15) is 0 Å². The molecule has 3 aromatic carbocycles. The van der Waals surface area contributed by atoms with E-state index in [1.807, 2.05) is 19.9 Å². The third-order valence-corrected chi connectivity index (χ3v) is 6.46. The summed E-state index contributed by atoms with van der Waals surface area (Å²) < 4.78 is 39.4. The van der Waals surface area contributed by atoms with Crippen LogP contribution in [0.2, 0.25) is 5.02 Å². The summed E-state index contributed by atoms with van der Waals surface area (Å²) in [6.07, 6.45) is 0. The van der Waals surface area contributed by atoms with Crippen molar-refractivity contribution in [3.05, 3.63) is 88.4 Å². The summed E-state index contributed by atoms with van der Waals surface area (Å²) in [5.74, 6) is -0.0949. The van der Waals surface area contributed by atoms with Gasteiger partial charge in [0.15, 0.2) is 0 Å². The number of benzene rings is 3. The molecule has 0 aliphatic carbocycles. The van der Waals surface area contributed by atoms with Gasteiger partial charge >= 0.3 is 5.97 Å². The van der Waals surface area contributed by atoms with Gasteiger partial charge in [-0.3, -0.25) is 4.72 Å². The van der Waals surface area contributed by atoms with E-state index in [4.69, 9.17) is 21.1 Å². The second-order valence-electron chi connectivity index (χ2n) is 7.42. The Morgan fingerprint density at radius 2 is 1.72 bits per heavy atom. The zero-order chi connectivity index (χ0) is 23.3. The van der Waals surface area contributed by atoms with Gasteiger partial charge in [-0.05, 0) is 47.4 Å². The Bertz CT molecular complexity index is 1210. The largest absolute Gasteiger partial charge is 0.487 e. The van der Waals surface area contributed by atoms with Crippen molar-refractivity contribution < 1.29 is 22.7 Å². The Balaban J connectivity index is 1.83. The molecule has 0 aliphatic heterocycles. The molecular formula is C24H24ClNO5S. The Kier molecular flexibility index (Phi) is 7.43. The van der Waals surface area contributed by atoms with Gasteiger partial charge in [-0.25, -0.2) is 13.2 Å². The SMILES string of the molecule is COC(=O)c1ccc(COc2cc(Cl)ccc2NS(=O)(=O)c2ccccc2C(C)C)cc1. The Labute approximate surface area is 193 Å². The number of halogens is 1. The molecule has 168 valence electrons. The molecule has 0 amide bonds. The number of ether oxygens (including phenoxy) is 2. The highest BCUT2D eigenvalue weighted by molar-refractivity contribution is 7.92. The lowest BCUT2D eigenvalue weighted by atomic mass is 10.0. The lowest BCUT2D eigenvalue weighted by molar-refractivity contribution is 0.0600. The van der Waals surface area contributed by atoms with E-state index in [-0.39, 0.29) is 23.1 Å². The quantitative estimate of drug-likeness (QED) is 0.429. The fourth-order valence-electron chi connectivity index (χ4n) is 3.12. The Morgan fingerprint density at radius 1 is 1.03 bits per heavy atom. The average molecular weight is 474 g/mol. The van der Waals surface area contributed by atoms with Crippen LogP contribution in [0.4, 0.5) is 5.69 Å². The fraction of sp³-hybridized carbons (Fsp3) is 0.208. The highest BCUT2D eigenvalue weighted by Gasteiger charge is 2.21. The van der Waals surface area contributed by atoms with Gasteiger partial charge in [0, 0.05) is 11.1 Å². The van der Waals surface area contributed by atoms with Gasteiger partial charge in [0.25, 0.3) is 10.0 Å². The molecule has 32 heavy (non-hydrogen) atoms. The molecule has 0 unspecified atom stereocenters. The molecule has 0 aliphatic rings. The summed E-state index contributed by atoms with van der Waals surface area (Å²) in [4.78, 5) is 11.8. The van der Waals surface area contributed by atoms with Gasteiger partial charge in [-0.1, -0.05) is 55.8 Å². The molecule has 8 heteroatoms. The molecule has 0 bridgehead atoms. The summed E-state index contributed by atoms with van der Waals surface area (Å²) in [7, 11) is -2.53. The van der Waals surface area contributed by atoms with Crippen LogP contribution < -0.4 is 9.46 Å². The summed E-state index contributed by atoms with van der Waals surface area (Å²) in [6, 6.07) is 18.3. The first-order valence-corrected chi connectivity index (χ1v) is 11.8. The first kappa shape index (κ1) is 23.6. The standard InChI is InChI=1S/C24H24ClNO5S/c1-16(2)20-6-4-5-7-23(20)32(28,29)26-21-13-12-19(25)14-22(21)31-15-17-8-10-18(11-9-17)24(27)30-3/h4-14,16,26H,15H2,1-3H3. The van der Waals surface area contributed by atoms with E-state index in [1.54, 1.807) is 60.7 Å². The van der Waals surface area contributed by atoms with Crippen molar-refractivity contribution in [3.63, 3.8) is 0 Å². The lowest BCUT2D eigenvalue weighted by Crippen LogP contribution is -2.16. The number of sulfonamides is 1. The normalized spacial score (nSPS) is 11.3. The molecule has 3 rings (SSSR count). The minimum absolute atomic E-state index is 0.0386. The number of carbonyl (C=O) groups is 1. The highest BCUT2D eigenvalue weighted by Crippen LogP contribution is 2.32. The monoisotopic (exact) mass is 473 g/mol. The lowest BCUT2D eigenvalue weighted by Gasteiger charge is -2.17. The summed E-state index contributed by atoms with van der Waals surface area (Å²) in [5, 5.41) is 0.409. The van der Waals surface area contributed by atoms with Crippen LogP contribution >= 0.6 is 11.6 Å². The summed E-state index contributed by atoms with van der Waals surface area (Å²) >= 11 is 6.12. The first-order chi connectivity index (χ1) is 15.2. The zero-order valence-corrected chi connectivity index (χ0v) is 19.5. The van der Waals surface area contributed by atoms with Crippen molar-refractivity contribution in [3.8, 4) is 5.75 Å². The van der Waals surface area contributed by atoms with E-state index in [0.29, 0.717) is 16.3 Å². The zero-order valence-electron chi connectivity index (χ0n) is 18.0. The number of hydrogen-bond acceptors (Lipinski definition) is 5. The van der Waals surface area contributed by atoms with Crippen molar-refractivity contribution in [2.45, 2.75) is 31.3 Å². The van der Waals surface area contributed by atoms with Crippen LogP contribution in [0.15, 0.2) is 71.6 Å². The van der Waals surface area contributed by atoms with Gasteiger partial charge in [0.1, 0.15) is 12.4 Å². The van der Waals surface area contributed by atoms with Crippen LogP contribution in [0.25, 0.3) is 0 Å². The number of nitrogens with one attached hydrogen (secondary N) is 1. The number of anilines is 1. The maximum absolute atomic E-state index is 13.1. The predicted octanol–water partition coefficient (Wildman–Crippen LogP) is 5.63. The Hall–Kier alpha value is -3.03. The van der Waals surface area contributed by atoms with Crippen molar-refractivity contribution in [2.24, 2.45) is 0 Å². The van der Waals surface area contributed by atoms with E-state index in [0.717, 1.165) is 11.1 Å². The van der Waals surface area contributed by atoms with Gasteiger partial charge in [0.2, 0.25) is 0 Å². The van der Waals surface area contributed by atoms with Crippen molar-refractivity contribution in [1.82, 2.24) is 0 Å². The van der Waals surface area contributed by atoms with Crippen LogP contribution in [0.5, 0.6) is 5.75 Å². The number of carbonyl (C=O) groups excluding carboxylic acids is 1. The molecule has 1 N–H and O–H groups in total. The summed E-state index contributed by atoms with van der Waals surface area (Å²) in [5.41, 5.74) is 2.22. The van der Waals surface area contributed by atoms with E-state index in [9.17, 15) is 13.2 Å². The molecule has 0 saturated heterocycles. The van der Waals surface area contributed by atoms with E-state index < -0.39 is 16.0 Å². The number of rotatable bonds is 8. The van der Waals surface area contributed by atoms with Crippen LogP contribution in [-0.2, 0) is 21.4 Å². The molecule has 0 spiro atoms. The van der Waals surface area contributed by atoms with E-state index in [2.05, 4.69) is 4.72 Å². The predicted molar refractivity (Wildman–Crippen MR) is 125 cm³/mol. The van der Waals surface area contributed by atoms with Crippen molar-refractivity contribution >= 4 is 33.3 Å². The number of methoxy groups -OCH3 is 1. The molecule has 0 heterocycles. The van der Waals surface area contributed by atoms with Crippen molar-refractivity contribution in [2.75, 3.05) is 11.8 Å². The van der Waals surface area contributed by atoms with Crippen LogP contribution in [0.1, 0.15) is 41.3 Å². The van der Waals surface area contributed by atoms with Crippen LogP contribution in [-0.4, -0.2) is 21.5 Å².